The van der Waals surface area contributed by atoms with Crippen molar-refractivity contribution in [2.24, 2.45) is 0 Å². The van der Waals surface area contributed by atoms with E-state index in [2.05, 4.69) is 30.6 Å². The molecule has 4 aromatic carbocycles. The molecule has 0 fully saturated rings. The zero-order valence-electron chi connectivity index (χ0n) is 23.9. The summed E-state index contributed by atoms with van der Waals surface area (Å²) in [7, 11) is 0. The number of hydrogen-bond acceptors (Lipinski definition) is 7. The smallest absolute Gasteiger partial charge is 0.234 e. The Bertz CT molecular complexity index is 1860. The molecule has 0 atom stereocenters. The zero-order chi connectivity index (χ0) is 30.6. The van der Waals surface area contributed by atoms with E-state index in [0.717, 1.165) is 33.2 Å². The standard InChI is InChI=1S/C33H28N6O3S2/c1-19-3-13-25-27(15-19)38-32(36-25)43-17-29(40)34-23-9-5-21(6-10-23)31(42)22-7-11-24(12-8-22)35-30(41)18-44-33-37-26-14-4-20(2)16-28(26)39-33/h3-16H,17-18H2,1-2H3,(H,34,40)(H,35,41)(H,36,38)(H,37,39). The summed E-state index contributed by atoms with van der Waals surface area (Å²) in [5.41, 5.74) is 8.06. The van der Waals surface area contributed by atoms with E-state index in [4.69, 9.17) is 0 Å². The van der Waals surface area contributed by atoms with Crippen LogP contribution in [0.25, 0.3) is 22.1 Å². The fourth-order valence-corrected chi connectivity index (χ4v) is 5.95. The number of aryl methyl sites for hydroxylation is 2. The number of H-pyrrole nitrogens is 2. The lowest BCUT2D eigenvalue weighted by Crippen LogP contribution is -2.14. The molecule has 0 aliphatic carbocycles. The number of carbonyl (C=O) groups is 3. The summed E-state index contributed by atoms with van der Waals surface area (Å²) in [4.78, 5) is 53.5. The topological polar surface area (TPSA) is 133 Å². The van der Waals surface area contributed by atoms with E-state index in [1.807, 2.05) is 50.2 Å². The van der Waals surface area contributed by atoms with Crippen molar-refractivity contribution >= 4 is 74.6 Å². The number of ketones is 1. The lowest BCUT2D eigenvalue weighted by Gasteiger charge is -2.07. The molecule has 9 nitrogen and oxygen atoms in total. The Morgan fingerprint density at radius 3 is 1.43 bits per heavy atom. The summed E-state index contributed by atoms with van der Waals surface area (Å²) >= 11 is 2.66. The molecule has 0 saturated heterocycles. The van der Waals surface area contributed by atoms with Gasteiger partial charge in [-0.1, -0.05) is 35.7 Å². The molecule has 2 heterocycles. The summed E-state index contributed by atoms with van der Waals surface area (Å²) < 4.78 is 0. The Balaban J connectivity index is 0.977. The minimum atomic E-state index is -0.172. The van der Waals surface area contributed by atoms with Gasteiger partial charge in [0.2, 0.25) is 11.8 Å². The number of nitrogens with zero attached hydrogens (tertiary/aromatic N) is 2. The van der Waals surface area contributed by atoms with Gasteiger partial charge in [0.1, 0.15) is 0 Å². The van der Waals surface area contributed by atoms with Crippen molar-refractivity contribution < 1.29 is 14.4 Å². The minimum absolute atomic E-state index is 0.160. The number of fused-ring (bicyclic) bond motifs is 2. The molecule has 44 heavy (non-hydrogen) atoms. The minimum Gasteiger partial charge on any atom is -0.333 e. The molecule has 0 aliphatic heterocycles. The SMILES string of the molecule is Cc1ccc2nc(SCC(=O)Nc3ccc(C(=O)c4ccc(NC(=O)CSc5nc6ccc(C)cc6[nH]5)cc4)cc3)[nH]c2c1. The Morgan fingerprint density at radius 2 is 1.02 bits per heavy atom. The van der Waals surface area contributed by atoms with Gasteiger partial charge in [0.15, 0.2) is 16.1 Å². The van der Waals surface area contributed by atoms with Crippen LogP contribution in [0.15, 0.2) is 95.2 Å². The van der Waals surface area contributed by atoms with Gasteiger partial charge in [-0.2, -0.15) is 0 Å². The van der Waals surface area contributed by atoms with Crippen molar-refractivity contribution in [3.63, 3.8) is 0 Å². The summed E-state index contributed by atoms with van der Waals surface area (Å²) in [5.74, 6) is -0.114. The first kappa shape index (κ1) is 29.2. The van der Waals surface area contributed by atoms with E-state index in [1.54, 1.807) is 48.5 Å². The van der Waals surface area contributed by atoms with Crippen molar-refractivity contribution in [1.82, 2.24) is 19.9 Å². The zero-order valence-corrected chi connectivity index (χ0v) is 25.6. The fraction of sp³-hybridized carbons (Fsp3) is 0.121. The summed E-state index contributed by atoms with van der Waals surface area (Å²) in [5, 5.41) is 7.08. The number of amides is 2. The number of carbonyl (C=O) groups excluding carboxylic acids is 3. The highest BCUT2D eigenvalue weighted by Gasteiger charge is 2.12. The average Bonchev–Trinajstić information content (AvgIpc) is 3.62. The molecule has 0 unspecified atom stereocenters. The van der Waals surface area contributed by atoms with Crippen LogP contribution in [-0.2, 0) is 9.59 Å². The largest absolute Gasteiger partial charge is 0.333 e. The summed E-state index contributed by atoms with van der Waals surface area (Å²) in [6.07, 6.45) is 0. The van der Waals surface area contributed by atoms with Crippen molar-refractivity contribution in [2.75, 3.05) is 22.1 Å². The molecule has 6 rings (SSSR count). The van der Waals surface area contributed by atoms with E-state index in [1.165, 1.54) is 23.5 Å². The van der Waals surface area contributed by atoms with Crippen LogP contribution in [0.2, 0.25) is 0 Å². The van der Waals surface area contributed by atoms with Gasteiger partial charge in [-0.05, 0) is 97.8 Å². The molecule has 0 bridgehead atoms. The number of nitrogens with one attached hydrogen (secondary N) is 4. The Kier molecular flexibility index (Phi) is 8.49. The first-order valence-electron chi connectivity index (χ1n) is 13.8. The van der Waals surface area contributed by atoms with Gasteiger partial charge in [-0.15, -0.1) is 0 Å². The van der Waals surface area contributed by atoms with Crippen molar-refractivity contribution in [1.29, 1.82) is 0 Å². The number of aromatic amines is 2. The highest BCUT2D eigenvalue weighted by Crippen LogP contribution is 2.23. The van der Waals surface area contributed by atoms with E-state index in [0.29, 0.717) is 32.8 Å². The van der Waals surface area contributed by atoms with Crippen molar-refractivity contribution in [3.8, 4) is 0 Å². The van der Waals surface area contributed by atoms with Crippen LogP contribution < -0.4 is 10.6 Å². The maximum Gasteiger partial charge on any atom is 0.234 e. The molecule has 6 aromatic rings. The highest BCUT2D eigenvalue weighted by atomic mass is 32.2. The quantitative estimate of drug-likeness (QED) is 0.0984. The molecule has 2 amide bonds. The summed E-state index contributed by atoms with van der Waals surface area (Å²) in [6, 6.07) is 25.5. The molecular weight excluding hydrogens is 593 g/mol. The van der Waals surface area contributed by atoms with Gasteiger partial charge < -0.3 is 20.6 Å². The van der Waals surface area contributed by atoms with Crippen LogP contribution in [0.1, 0.15) is 27.0 Å². The number of aromatic nitrogens is 4. The monoisotopic (exact) mass is 620 g/mol. The normalized spacial score (nSPS) is 11.1. The predicted molar refractivity (Wildman–Crippen MR) is 177 cm³/mol. The van der Waals surface area contributed by atoms with Crippen LogP contribution in [0, 0.1) is 13.8 Å². The molecule has 0 radical (unpaired) electrons. The third kappa shape index (κ3) is 7.01. The van der Waals surface area contributed by atoms with Gasteiger partial charge in [-0.25, -0.2) is 9.97 Å². The van der Waals surface area contributed by atoms with E-state index in [9.17, 15) is 14.4 Å². The summed E-state index contributed by atoms with van der Waals surface area (Å²) in [6.45, 7) is 4.04. The maximum absolute atomic E-state index is 13.0. The van der Waals surface area contributed by atoms with Crippen molar-refractivity contribution in [2.45, 2.75) is 24.2 Å². The van der Waals surface area contributed by atoms with Gasteiger partial charge in [0.05, 0.1) is 33.6 Å². The molecule has 2 aromatic heterocycles. The number of thioether (sulfide) groups is 2. The van der Waals surface area contributed by atoms with Crippen LogP contribution in [0.4, 0.5) is 11.4 Å². The van der Waals surface area contributed by atoms with Gasteiger partial charge >= 0.3 is 0 Å². The number of benzene rings is 4. The van der Waals surface area contributed by atoms with E-state index < -0.39 is 0 Å². The molecule has 0 saturated carbocycles. The number of rotatable bonds is 10. The highest BCUT2D eigenvalue weighted by molar-refractivity contribution is 8.00. The Hall–Kier alpha value is -4.87. The number of imidazole rings is 2. The fourth-order valence-electron chi connectivity index (χ4n) is 4.58. The molecule has 220 valence electrons. The van der Waals surface area contributed by atoms with Crippen LogP contribution >= 0.6 is 23.5 Å². The lowest BCUT2D eigenvalue weighted by molar-refractivity contribution is -0.114. The van der Waals surface area contributed by atoms with Gasteiger partial charge in [0.25, 0.3) is 0 Å². The molecule has 11 heteroatoms. The average molecular weight is 621 g/mol. The molecule has 0 spiro atoms. The molecular formula is C33H28N6O3S2. The Labute approximate surface area is 261 Å². The first-order chi connectivity index (χ1) is 21.3. The third-order valence-electron chi connectivity index (χ3n) is 6.77. The van der Waals surface area contributed by atoms with Crippen LogP contribution in [0.3, 0.4) is 0 Å². The second kappa shape index (κ2) is 12.8. The van der Waals surface area contributed by atoms with E-state index in [-0.39, 0.29) is 29.1 Å². The van der Waals surface area contributed by atoms with Crippen molar-refractivity contribution in [3.05, 3.63) is 107 Å². The Morgan fingerprint density at radius 1 is 0.614 bits per heavy atom. The number of anilines is 2. The third-order valence-corrected chi connectivity index (χ3v) is 8.52. The molecule has 4 N–H and O–H groups in total. The molecule has 0 aliphatic rings. The van der Waals surface area contributed by atoms with Gasteiger partial charge in [0, 0.05) is 22.5 Å². The number of hydrogen-bond donors (Lipinski definition) is 4. The predicted octanol–water partition coefficient (Wildman–Crippen LogP) is 6.75. The van der Waals surface area contributed by atoms with Crippen LogP contribution in [0.5, 0.6) is 0 Å². The lowest BCUT2D eigenvalue weighted by atomic mass is 10.0. The van der Waals surface area contributed by atoms with E-state index >= 15 is 0 Å². The first-order valence-corrected chi connectivity index (χ1v) is 15.8. The van der Waals surface area contributed by atoms with Crippen LogP contribution in [-0.4, -0.2) is 49.0 Å². The second-order valence-electron chi connectivity index (χ2n) is 10.3. The maximum atomic E-state index is 13.0. The van der Waals surface area contributed by atoms with Gasteiger partial charge in [-0.3, -0.25) is 14.4 Å². The second-order valence-corrected chi connectivity index (χ2v) is 12.2.